The molecule has 1 aromatic carbocycles. The fraction of sp³-hybridized carbons (Fsp3) is 0.615. The molecular weight excluding hydrogens is 564 g/mol. The lowest BCUT2D eigenvalue weighted by atomic mass is 9.99. The Bertz CT molecular complexity index is 873. The van der Waals surface area contributed by atoms with Crippen LogP contribution in [0.15, 0.2) is 30.3 Å². The van der Waals surface area contributed by atoms with Crippen molar-refractivity contribution in [3.8, 4) is 0 Å². The van der Waals surface area contributed by atoms with E-state index in [1.54, 1.807) is 22.6 Å². The zero-order chi connectivity index (χ0) is 29.2. The quantitative estimate of drug-likeness (QED) is 0.0918. The normalized spacial score (nSPS) is 14.1. The van der Waals surface area contributed by atoms with E-state index in [0.29, 0.717) is 12.2 Å². The van der Waals surface area contributed by atoms with Crippen molar-refractivity contribution in [2.75, 3.05) is 36.7 Å². The molecule has 0 saturated heterocycles. The number of aliphatic hydroxyl groups excluding tert-OH is 1. The molecular formula is C26H40N2O8S3. The Morgan fingerprint density at radius 2 is 1.59 bits per heavy atom. The van der Waals surface area contributed by atoms with E-state index in [2.05, 4.69) is 5.32 Å². The first kappa shape index (κ1) is 35.1. The van der Waals surface area contributed by atoms with Gasteiger partial charge in [-0.3, -0.25) is 14.4 Å². The van der Waals surface area contributed by atoms with Crippen LogP contribution in [-0.4, -0.2) is 89.9 Å². The summed E-state index contributed by atoms with van der Waals surface area (Å²) in [5.74, 6) is -0.874. The smallest absolute Gasteiger partial charge is 0.331 e. The van der Waals surface area contributed by atoms with Gasteiger partial charge < -0.3 is 30.4 Å². The molecule has 0 aliphatic carbocycles. The van der Waals surface area contributed by atoms with Gasteiger partial charge >= 0.3 is 17.9 Å². The Balaban J connectivity index is 2.89. The first-order valence-electron chi connectivity index (χ1n) is 12.5. The van der Waals surface area contributed by atoms with Crippen LogP contribution < -0.4 is 11.1 Å². The molecule has 1 rings (SSSR count). The molecule has 0 saturated carbocycles. The van der Waals surface area contributed by atoms with Crippen LogP contribution in [-0.2, 0) is 39.8 Å². The van der Waals surface area contributed by atoms with E-state index >= 15 is 0 Å². The monoisotopic (exact) mass is 604 g/mol. The summed E-state index contributed by atoms with van der Waals surface area (Å²) in [5.41, 5.74) is 7.10. The molecule has 0 bridgehead atoms. The number of hydrogen-bond acceptors (Lipinski definition) is 12. The molecule has 0 aliphatic heterocycles. The second-order valence-corrected chi connectivity index (χ2v) is 12.4. The van der Waals surface area contributed by atoms with Gasteiger partial charge in [0.25, 0.3) is 0 Å². The molecule has 0 radical (unpaired) electrons. The Labute approximate surface area is 242 Å². The maximum Gasteiger partial charge on any atom is 0.331 e. The maximum atomic E-state index is 13.3. The highest BCUT2D eigenvalue weighted by Gasteiger charge is 2.32. The van der Waals surface area contributed by atoms with Crippen LogP contribution in [0.5, 0.6) is 0 Å². The minimum atomic E-state index is -1.38. The second kappa shape index (κ2) is 20.0. The van der Waals surface area contributed by atoms with E-state index in [-0.39, 0.29) is 19.3 Å². The number of esters is 3. The predicted octanol–water partition coefficient (Wildman–Crippen LogP) is 2.21. The van der Waals surface area contributed by atoms with Gasteiger partial charge in [-0.1, -0.05) is 51.9 Å². The lowest BCUT2D eigenvalue weighted by Gasteiger charge is -2.25. The zero-order valence-electron chi connectivity index (χ0n) is 22.8. The Kier molecular flexibility index (Phi) is 18.0. The Hall–Kier alpha value is -1.93. The molecule has 0 spiro atoms. The van der Waals surface area contributed by atoms with Crippen molar-refractivity contribution in [2.45, 2.75) is 57.9 Å². The van der Waals surface area contributed by atoms with Crippen LogP contribution in [0.3, 0.4) is 0 Å². The number of aliphatic hydroxyl groups is 1. The summed E-state index contributed by atoms with van der Waals surface area (Å²) in [7, 11) is 3.14. The molecule has 4 atom stereocenters. The molecule has 1 amide bonds. The molecule has 0 aromatic heterocycles. The lowest BCUT2D eigenvalue weighted by molar-refractivity contribution is -0.169. The topological polar surface area (TPSA) is 154 Å². The summed E-state index contributed by atoms with van der Waals surface area (Å²) in [6, 6.07) is 8.19. The summed E-state index contributed by atoms with van der Waals surface area (Å²) in [6.07, 6.45) is 1.00. The standard InChI is InChI=1S/C26H40N2O8S3/c1-17(29)24(26(33)36-23(13-34-18(2)30)14-35-19(3)31)28-25(32)21(12-20-8-6-5-7-9-20)15-38-39-16-22(27)10-11-37-4/h5-9,17,21-24,29H,10-16,27H2,1-4H3,(H,28,32). The van der Waals surface area contributed by atoms with Gasteiger partial charge in [0.05, 0.1) is 12.0 Å². The third kappa shape index (κ3) is 16.1. The number of amides is 1. The van der Waals surface area contributed by atoms with Crippen LogP contribution >= 0.6 is 33.3 Å². The van der Waals surface area contributed by atoms with Gasteiger partial charge in [-0.05, 0) is 37.3 Å². The lowest BCUT2D eigenvalue weighted by Crippen LogP contribution is -2.52. The summed E-state index contributed by atoms with van der Waals surface area (Å²) >= 11 is 1.75. The van der Waals surface area contributed by atoms with Gasteiger partial charge in [0.2, 0.25) is 5.91 Å². The molecule has 13 heteroatoms. The largest absolute Gasteiger partial charge is 0.462 e. The minimum Gasteiger partial charge on any atom is -0.462 e. The number of carbonyl (C=O) groups is 4. The predicted molar refractivity (Wildman–Crippen MR) is 156 cm³/mol. The number of carbonyl (C=O) groups excluding carboxylic acids is 4. The van der Waals surface area contributed by atoms with E-state index in [9.17, 15) is 24.3 Å². The minimum absolute atomic E-state index is 0.0673. The van der Waals surface area contributed by atoms with Crippen molar-refractivity contribution in [3.05, 3.63) is 35.9 Å². The first-order chi connectivity index (χ1) is 18.5. The molecule has 10 nitrogen and oxygen atoms in total. The van der Waals surface area contributed by atoms with Crippen molar-refractivity contribution in [2.24, 2.45) is 11.7 Å². The fourth-order valence-electron chi connectivity index (χ4n) is 3.17. The van der Waals surface area contributed by atoms with Crippen molar-refractivity contribution >= 4 is 57.2 Å². The van der Waals surface area contributed by atoms with Crippen molar-refractivity contribution < 1.29 is 38.5 Å². The molecule has 1 aromatic rings. The van der Waals surface area contributed by atoms with E-state index in [1.807, 2.05) is 36.6 Å². The number of nitrogens with two attached hydrogens (primary N) is 1. The van der Waals surface area contributed by atoms with Gasteiger partial charge in [0.1, 0.15) is 13.2 Å². The molecule has 0 heterocycles. The molecule has 4 N–H and O–H groups in total. The van der Waals surface area contributed by atoms with E-state index < -0.39 is 48.0 Å². The third-order valence-corrected chi connectivity index (χ3v) is 8.51. The van der Waals surface area contributed by atoms with E-state index in [1.165, 1.54) is 31.6 Å². The SMILES string of the molecule is CSCCC(N)CSSCC(Cc1ccccc1)C(=O)NC(C(=O)OC(COC(C)=O)COC(C)=O)C(C)O. The van der Waals surface area contributed by atoms with Gasteiger partial charge in [-0.15, -0.1) is 0 Å². The van der Waals surface area contributed by atoms with Crippen LogP contribution in [0, 0.1) is 5.92 Å². The number of hydrogen-bond donors (Lipinski definition) is 3. The van der Waals surface area contributed by atoms with Gasteiger partial charge in [0, 0.05) is 31.4 Å². The van der Waals surface area contributed by atoms with Crippen LogP contribution in [0.4, 0.5) is 0 Å². The Morgan fingerprint density at radius 1 is 1.00 bits per heavy atom. The molecule has 220 valence electrons. The number of rotatable bonds is 19. The van der Waals surface area contributed by atoms with Crippen molar-refractivity contribution in [1.29, 1.82) is 0 Å². The zero-order valence-corrected chi connectivity index (χ0v) is 25.3. The van der Waals surface area contributed by atoms with Crippen LogP contribution in [0.1, 0.15) is 32.8 Å². The second-order valence-electron chi connectivity index (χ2n) is 8.89. The summed E-state index contributed by atoms with van der Waals surface area (Å²) in [6.45, 7) is 3.03. The highest BCUT2D eigenvalue weighted by atomic mass is 33.1. The van der Waals surface area contributed by atoms with Gasteiger partial charge in [-0.2, -0.15) is 11.8 Å². The average Bonchev–Trinajstić information content (AvgIpc) is 2.89. The Morgan fingerprint density at radius 3 is 2.13 bits per heavy atom. The summed E-state index contributed by atoms with van der Waals surface area (Å²) in [5, 5.41) is 12.9. The number of benzene rings is 1. The highest BCUT2D eigenvalue weighted by Crippen LogP contribution is 2.27. The third-order valence-electron chi connectivity index (χ3n) is 5.29. The van der Waals surface area contributed by atoms with Crippen LogP contribution in [0.25, 0.3) is 0 Å². The summed E-state index contributed by atoms with van der Waals surface area (Å²) < 4.78 is 15.1. The van der Waals surface area contributed by atoms with Crippen molar-refractivity contribution in [1.82, 2.24) is 5.32 Å². The van der Waals surface area contributed by atoms with Gasteiger partial charge in [-0.25, -0.2) is 4.79 Å². The fourth-order valence-corrected chi connectivity index (χ4v) is 6.27. The molecule has 39 heavy (non-hydrogen) atoms. The van der Waals surface area contributed by atoms with E-state index in [0.717, 1.165) is 23.5 Å². The van der Waals surface area contributed by atoms with Crippen LogP contribution in [0.2, 0.25) is 0 Å². The number of ether oxygens (including phenoxy) is 3. The molecule has 4 unspecified atom stereocenters. The average molecular weight is 605 g/mol. The maximum absolute atomic E-state index is 13.3. The van der Waals surface area contributed by atoms with E-state index in [4.69, 9.17) is 19.9 Å². The summed E-state index contributed by atoms with van der Waals surface area (Å²) in [4.78, 5) is 48.6. The number of nitrogens with one attached hydrogen (secondary N) is 1. The molecule has 0 fully saturated rings. The van der Waals surface area contributed by atoms with Gasteiger partial charge in [0.15, 0.2) is 12.1 Å². The highest BCUT2D eigenvalue weighted by molar-refractivity contribution is 8.76. The van der Waals surface area contributed by atoms with Crippen molar-refractivity contribution in [3.63, 3.8) is 0 Å². The first-order valence-corrected chi connectivity index (χ1v) is 16.4. The molecule has 0 aliphatic rings. The number of thioether (sulfide) groups is 1.